The molecule has 0 saturated carbocycles. The zero-order valence-corrected chi connectivity index (χ0v) is 14.5. The number of hydrogen-bond acceptors (Lipinski definition) is 6. The largest absolute Gasteiger partial charge is 0.448 e. The second-order valence-electron chi connectivity index (χ2n) is 5.48. The van der Waals surface area contributed by atoms with Crippen LogP contribution in [0.25, 0.3) is 10.6 Å². The highest BCUT2D eigenvalue weighted by atomic mass is 32.1. The molecule has 0 N–H and O–H groups in total. The van der Waals surface area contributed by atoms with Gasteiger partial charge in [0.15, 0.2) is 11.8 Å². The predicted octanol–water partition coefficient (Wildman–Crippen LogP) is 3.43. The average Bonchev–Trinajstić information content (AvgIpc) is 3.25. The van der Waals surface area contributed by atoms with E-state index in [2.05, 4.69) is 4.98 Å². The molecule has 0 radical (unpaired) electrons. The summed E-state index contributed by atoms with van der Waals surface area (Å²) in [6, 6.07) is 1.96. The summed E-state index contributed by atoms with van der Waals surface area (Å²) in [5.74, 6) is -0.660. The molecule has 0 spiro atoms. The number of carbonyl (C=O) groups excluding carboxylic acids is 2. The Kier molecular flexibility index (Phi) is 5.07. The molecule has 0 aromatic carbocycles. The Bertz CT molecular complexity index is 675. The SMILES string of the molecule is C[C@H](OC(=O)c1csc(-c2ccsc2)n1)C(=O)N1CCCCC1. The second kappa shape index (κ2) is 7.23. The molecule has 3 rings (SSSR count). The van der Waals surface area contributed by atoms with Crippen molar-refractivity contribution >= 4 is 34.6 Å². The first-order chi connectivity index (χ1) is 11.1. The molecule has 1 aliphatic heterocycles. The molecule has 2 aromatic heterocycles. The van der Waals surface area contributed by atoms with Crippen molar-refractivity contribution in [2.45, 2.75) is 32.3 Å². The molecule has 0 bridgehead atoms. The summed E-state index contributed by atoms with van der Waals surface area (Å²) in [5, 5.41) is 6.41. The van der Waals surface area contributed by atoms with Gasteiger partial charge >= 0.3 is 5.97 Å². The summed E-state index contributed by atoms with van der Waals surface area (Å²) in [5.41, 5.74) is 1.26. The first-order valence-corrected chi connectivity index (χ1v) is 9.45. The van der Waals surface area contributed by atoms with Crippen molar-refractivity contribution in [1.82, 2.24) is 9.88 Å². The number of esters is 1. The van der Waals surface area contributed by atoms with Crippen LogP contribution >= 0.6 is 22.7 Å². The van der Waals surface area contributed by atoms with Gasteiger partial charge in [0.1, 0.15) is 5.01 Å². The van der Waals surface area contributed by atoms with Gasteiger partial charge in [0.25, 0.3) is 5.91 Å². The van der Waals surface area contributed by atoms with Crippen LogP contribution < -0.4 is 0 Å². The number of hydrogen-bond donors (Lipinski definition) is 0. The van der Waals surface area contributed by atoms with Gasteiger partial charge in [0.2, 0.25) is 0 Å². The maximum atomic E-state index is 12.3. The van der Waals surface area contributed by atoms with Crippen LogP contribution in [0.5, 0.6) is 0 Å². The first kappa shape index (κ1) is 16.1. The Morgan fingerprint density at radius 2 is 2.04 bits per heavy atom. The summed E-state index contributed by atoms with van der Waals surface area (Å²) in [7, 11) is 0. The number of rotatable bonds is 4. The van der Waals surface area contributed by atoms with Crippen LogP contribution in [-0.4, -0.2) is 41.0 Å². The highest BCUT2D eigenvalue weighted by Gasteiger charge is 2.26. The van der Waals surface area contributed by atoms with Gasteiger partial charge in [-0.25, -0.2) is 9.78 Å². The quantitative estimate of drug-likeness (QED) is 0.793. The number of likely N-dealkylation sites (tertiary alicyclic amines) is 1. The number of carbonyl (C=O) groups is 2. The van der Waals surface area contributed by atoms with Crippen molar-refractivity contribution in [2.75, 3.05) is 13.1 Å². The van der Waals surface area contributed by atoms with Gasteiger partial charge in [-0.1, -0.05) is 0 Å². The first-order valence-electron chi connectivity index (χ1n) is 7.63. The van der Waals surface area contributed by atoms with E-state index >= 15 is 0 Å². The fourth-order valence-corrected chi connectivity index (χ4v) is 4.03. The Balaban J connectivity index is 1.61. The minimum absolute atomic E-state index is 0.119. The Morgan fingerprint density at radius 1 is 1.26 bits per heavy atom. The smallest absolute Gasteiger partial charge is 0.358 e. The van der Waals surface area contributed by atoms with Crippen LogP contribution in [0.4, 0.5) is 0 Å². The molecule has 1 saturated heterocycles. The Morgan fingerprint density at radius 3 is 2.74 bits per heavy atom. The number of thiophene rings is 1. The molecule has 1 atom stereocenters. The summed E-state index contributed by atoms with van der Waals surface area (Å²) in [6.07, 6.45) is 2.42. The lowest BCUT2D eigenvalue weighted by Gasteiger charge is -2.28. The summed E-state index contributed by atoms with van der Waals surface area (Å²) in [4.78, 5) is 30.5. The van der Waals surface area contributed by atoms with Crippen LogP contribution in [0, 0.1) is 0 Å². The summed E-state index contributed by atoms with van der Waals surface area (Å²) >= 11 is 2.98. The van der Waals surface area contributed by atoms with Crippen LogP contribution in [0.1, 0.15) is 36.7 Å². The molecular weight excluding hydrogens is 332 g/mol. The molecule has 1 amide bonds. The van der Waals surface area contributed by atoms with Gasteiger partial charge in [-0.15, -0.1) is 11.3 Å². The molecule has 0 unspecified atom stereocenters. The normalized spacial score (nSPS) is 16.1. The topological polar surface area (TPSA) is 59.5 Å². The molecule has 122 valence electrons. The third-order valence-electron chi connectivity index (χ3n) is 3.78. The van der Waals surface area contributed by atoms with E-state index in [0.717, 1.165) is 42.9 Å². The Labute approximate surface area is 142 Å². The predicted molar refractivity (Wildman–Crippen MR) is 90.7 cm³/mol. The minimum atomic E-state index is -0.771. The van der Waals surface area contributed by atoms with E-state index in [1.165, 1.54) is 11.3 Å². The molecular formula is C16H18N2O3S2. The van der Waals surface area contributed by atoms with Crippen LogP contribution in [0.2, 0.25) is 0 Å². The maximum absolute atomic E-state index is 12.3. The molecule has 5 nitrogen and oxygen atoms in total. The maximum Gasteiger partial charge on any atom is 0.358 e. The van der Waals surface area contributed by atoms with Gasteiger partial charge in [0.05, 0.1) is 0 Å². The third-order valence-corrected chi connectivity index (χ3v) is 5.36. The number of piperidine rings is 1. The van der Waals surface area contributed by atoms with Crippen molar-refractivity contribution in [2.24, 2.45) is 0 Å². The van der Waals surface area contributed by atoms with Crippen molar-refractivity contribution in [3.63, 3.8) is 0 Å². The van der Waals surface area contributed by atoms with E-state index in [9.17, 15) is 9.59 Å². The lowest BCUT2D eigenvalue weighted by atomic mass is 10.1. The average molecular weight is 350 g/mol. The van der Waals surface area contributed by atoms with Crippen molar-refractivity contribution in [3.8, 4) is 10.6 Å². The highest BCUT2D eigenvalue weighted by molar-refractivity contribution is 7.14. The number of nitrogens with zero attached hydrogens (tertiary/aromatic N) is 2. The fourth-order valence-electron chi connectivity index (χ4n) is 2.53. The van der Waals surface area contributed by atoms with Gasteiger partial charge in [-0.05, 0) is 37.6 Å². The van der Waals surface area contributed by atoms with Gasteiger partial charge < -0.3 is 9.64 Å². The van der Waals surface area contributed by atoms with Crippen molar-refractivity contribution in [3.05, 3.63) is 27.9 Å². The van der Waals surface area contributed by atoms with Crippen molar-refractivity contribution in [1.29, 1.82) is 0 Å². The zero-order valence-electron chi connectivity index (χ0n) is 12.9. The molecule has 1 fully saturated rings. The fraction of sp³-hybridized carbons (Fsp3) is 0.438. The van der Waals surface area contributed by atoms with E-state index in [-0.39, 0.29) is 11.6 Å². The third kappa shape index (κ3) is 3.79. The van der Waals surface area contributed by atoms with E-state index in [4.69, 9.17) is 4.74 Å². The molecule has 7 heteroatoms. The summed E-state index contributed by atoms with van der Waals surface area (Å²) in [6.45, 7) is 3.13. The van der Waals surface area contributed by atoms with Crippen molar-refractivity contribution < 1.29 is 14.3 Å². The van der Waals surface area contributed by atoms with E-state index in [1.807, 2.05) is 16.8 Å². The zero-order chi connectivity index (χ0) is 16.2. The van der Waals surface area contributed by atoms with Gasteiger partial charge in [0, 0.05) is 29.4 Å². The van der Waals surface area contributed by atoms with Crippen LogP contribution in [-0.2, 0) is 9.53 Å². The lowest BCUT2D eigenvalue weighted by molar-refractivity contribution is -0.140. The number of thiazole rings is 1. The Hall–Kier alpha value is -1.73. The van der Waals surface area contributed by atoms with E-state index in [1.54, 1.807) is 28.5 Å². The molecule has 2 aromatic rings. The lowest BCUT2D eigenvalue weighted by Crippen LogP contribution is -2.42. The van der Waals surface area contributed by atoms with Crippen LogP contribution in [0.15, 0.2) is 22.2 Å². The molecule has 3 heterocycles. The molecule has 0 aliphatic carbocycles. The highest BCUT2D eigenvalue weighted by Crippen LogP contribution is 2.26. The number of aromatic nitrogens is 1. The van der Waals surface area contributed by atoms with Gasteiger partial charge in [-0.2, -0.15) is 11.3 Å². The van der Waals surface area contributed by atoms with E-state index < -0.39 is 12.1 Å². The monoisotopic (exact) mass is 350 g/mol. The summed E-state index contributed by atoms with van der Waals surface area (Å²) < 4.78 is 5.30. The van der Waals surface area contributed by atoms with Crippen LogP contribution in [0.3, 0.4) is 0 Å². The standard InChI is InChI=1S/C16H18N2O3S2/c1-11(15(19)18-6-3-2-4-7-18)21-16(20)13-10-23-14(17-13)12-5-8-22-9-12/h5,8-11H,2-4,6-7H2,1H3/t11-/m0/s1. The van der Waals surface area contributed by atoms with Gasteiger partial charge in [-0.3, -0.25) is 4.79 Å². The second-order valence-corrected chi connectivity index (χ2v) is 7.12. The molecule has 1 aliphatic rings. The van der Waals surface area contributed by atoms with E-state index in [0.29, 0.717) is 0 Å². The molecule has 23 heavy (non-hydrogen) atoms. The number of ether oxygens (including phenoxy) is 1. The minimum Gasteiger partial charge on any atom is -0.448 e. The number of amides is 1.